The van der Waals surface area contributed by atoms with E-state index in [-0.39, 0.29) is 64.6 Å². The first kappa shape index (κ1) is 28.3. The van der Waals surface area contributed by atoms with Crippen LogP contribution >= 0.6 is 7.82 Å². The number of hydrogen-bond donors (Lipinski definition) is 0. The second-order valence-electron chi connectivity index (χ2n) is 3.89. The molecule has 0 saturated carbocycles. The fourth-order valence-electron chi connectivity index (χ4n) is 1.71. The molecule has 0 radical (unpaired) electrons. The minimum absolute atomic E-state index is 0. The minimum atomic E-state index is -4.87. The van der Waals surface area contributed by atoms with E-state index in [1.807, 2.05) is 13.8 Å². The summed E-state index contributed by atoms with van der Waals surface area (Å²) < 4.78 is 15.4. The predicted octanol–water partition coefficient (Wildman–Crippen LogP) is -4.85. The monoisotopic (exact) mass is 300 g/mol. The fraction of sp³-hybridized carbons (Fsp3) is 1.00. The molecule has 0 atom stereocenters. The Balaban J connectivity index is -0.000000327. The maximum absolute atomic E-state index is 10.6. The van der Waals surface area contributed by atoms with Crippen LogP contribution in [0.5, 0.6) is 0 Å². The van der Waals surface area contributed by atoms with Gasteiger partial charge in [0.2, 0.25) is 0 Å². The van der Waals surface area contributed by atoms with E-state index >= 15 is 0 Å². The van der Waals surface area contributed by atoms with Crippen LogP contribution in [0.15, 0.2) is 0 Å². The van der Waals surface area contributed by atoms with E-state index in [9.17, 15) is 14.4 Å². The average Bonchev–Trinajstić information content (AvgIpc) is 2.15. The summed E-state index contributed by atoms with van der Waals surface area (Å²) in [5.41, 5.74) is -0.770. The van der Waals surface area contributed by atoms with Crippen LogP contribution in [0.25, 0.3) is 0 Å². The van der Waals surface area contributed by atoms with Gasteiger partial charge < -0.3 is 24.4 Å². The first-order valence-electron chi connectivity index (χ1n) is 5.62. The Kier molecular flexibility index (Phi) is 22.0. The average molecular weight is 300 g/mol. The number of rotatable bonds is 8. The number of unbranched alkanes of at least 4 members (excludes halogenated alkanes) is 2. The number of phosphoric ester groups is 1. The van der Waals surface area contributed by atoms with Gasteiger partial charge in [0, 0.05) is 0 Å². The van der Waals surface area contributed by atoms with Crippen LogP contribution in [-0.4, -0.2) is 11.1 Å². The van der Waals surface area contributed by atoms with Gasteiger partial charge >= 0.3 is 59.1 Å². The molecule has 0 aromatic heterocycles. The van der Waals surface area contributed by atoms with E-state index in [0.717, 1.165) is 19.3 Å². The zero-order chi connectivity index (χ0) is 11.9. The maximum atomic E-state index is 10.6. The third-order valence-corrected chi connectivity index (χ3v) is 3.44. The Morgan fingerprint density at radius 1 is 1.06 bits per heavy atom. The Morgan fingerprint density at radius 2 is 1.50 bits per heavy atom. The second kappa shape index (κ2) is 14.0. The van der Waals surface area contributed by atoms with Crippen molar-refractivity contribution >= 4 is 7.82 Å². The summed E-state index contributed by atoms with van der Waals surface area (Å²) in [6, 6.07) is 0. The van der Waals surface area contributed by atoms with Crippen molar-refractivity contribution < 1.29 is 83.5 Å². The molecule has 0 aliphatic carbocycles. The fourth-order valence-corrected chi connectivity index (χ4v) is 2.54. The molecule has 8 heteroatoms. The molecule has 5 nitrogen and oxygen atoms in total. The summed E-state index contributed by atoms with van der Waals surface area (Å²) in [7, 11) is -4.87. The van der Waals surface area contributed by atoms with Gasteiger partial charge in [-0.05, 0) is 19.3 Å². The van der Waals surface area contributed by atoms with Gasteiger partial charge in [-0.15, -0.1) is 0 Å². The molecule has 2 N–H and O–H groups in total. The molecule has 0 aromatic rings. The molecule has 0 unspecified atom stereocenters. The van der Waals surface area contributed by atoms with Crippen molar-refractivity contribution in [2.24, 2.45) is 0 Å². The molecule has 0 aliphatic rings. The van der Waals surface area contributed by atoms with Crippen molar-refractivity contribution in [2.45, 2.75) is 64.9 Å². The molecule has 0 bridgehead atoms. The zero-order valence-electron chi connectivity index (χ0n) is 12.3. The van der Waals surface area contributed by atoms with Gasteiger partial charge in [-0.2, -0.15) is 0 Å². The standard InChI is InChI=1S/C10H23O4P.2Na.H2O/c1-4-7-8-9-10(5-2,6-3)14-15(11,12)13;;;/h4-9H2,1-3H3,(H2,11,12,13);;;1H2/q;2*+1;/p-2. The van der Waals surface area contributed by atoms with Gasteiger partial charge in [0.05, 0.1) is 13.4 Å². The molecule has 0 fully saturated rings. The Labute approximate surface area is 155 Å². The van der Waals surface area contributed by atoms with Gasteiger partial charge in [-0.3, -0.25) is 0 Å². The summed E-state index contributed by atoms with van der Waals surface area (Å²) in [5, 5.41) is 0. The van der Waals surface area contributed by atoms with Gasteiger partial charge in [0.25, 0.3) is 0 Å². The smallest absolute Gasteiger partial charge is 0.790 e. The van der Waals surface area contributed by atoms with E-state index < -0.39 is 13.4 Å². The van der Waals surface area contributed by atoms with Gasteiger partial charge in [0.1, 0.15) is 0 Å². The topological polar surface area (TPSA) is 104 Å². The summed E-state index contributed by atoms with van der Waals surface area (Å²) in [4.78, 5) is 21.3. The molecule has 0 saturated heterocycles. The summed E-state index contributed by atoms with van der Waals surface area (Å²) in [6.07, 6.45) is 4.76. The van der Waals surface area contributed by atoms with E-state index in [1.165, 1.54) is 0 Å². The van der Waals surface area contributed by atoms with Crippen molar-refractivity contribution in [3.8, 4) is 0 Å². The predicted molar refractivity (Wildman–Crippen MR) is 59.8 cm³/mol. The zero-order valence-corrected chi connectivity index (χ0v) is 17.2. The Morgan fingerprint density at radius 3 is 1.78 bits per heavy atom. The number of phosphoric acid groups is 1. The normalized spacial score (nSPS) is 10.9. The summed E-state index contributed by atoms with van der Waals surface area (Å²) in [6.45, 7) is 5.78. The molecule has 0 rings (SSSR count). The summed E-state index contributed by atoms with van der Waals surface area (Å²) >= 11 is 0. The Hall–Kier alpha value is 2.07. The molecule has 18 heavy (non-hydrogen) atoms. The molecule has 0 amide bonds. The van der Waals surface area contributed by atoms with Crippen LogP contribution in [0.4, 0.5) is 0 Å². The van der Waals surface area contributed by atoms with Gasteiger partial charge in [-0.25, -0.2) is 0 Å². The third-order valence-electron chi connectivity index (χ3n) is 2.83. The first-order chi connectivity index (χ1) is 6.89. The van der Waals surface area contributed by atoms with E-state index in [0.29, 0.717) is 19.3 Å². The Bertz CT molecular complexity index is 218. The number of hydrogen-bond acceptors (Lipinski definition) is 4. The van der Waals surface area contributed by atoms with E-state index in [4.69, 9.17) is 4.52 Å². The van der Waals surface area contributed by atoms with Crippen molar-refractivity contribution in [1.29, 1.82) is 0 Å². The molecule has 0 aliphatic heterocycles. The largest absolute Gasteiger partial charge is 1.00 e. The molecule has 0 aromatic carbocycles. The first-order valence-corrected chi connectivity index (χ1v) is 7.08. The van der Waals surface area contributed by atoms with Crippen molar-refractivity contribution in [2.75, 3.05) is 0 Å². The second-order valence-corrected chi connectivity index (χ2v) is 4.96. The van der Waals surface area contributed by atoms with E-state index in [1.54, 1.807) is 0 Å². The van der Waals surface area contributed by atoms with Crippen molar-refractivity contribution in [3.63, 3.8) is 0 Å². The van der Waals surface area contributed by atoms with Crippen LogP contribution in [0.3, 0.4) is 0 Å². The van der Waals surface area contributed by atoms with Crippen LogP contribution in [0.2, 0.25) is 0 Å². The van der Waals surface area contributed by atoms with Crippen molar-refractivity contribution in [1.82, 2.24) is 0 Å². The SMILES string of the molecule is CCCCCC(CC)(CC)OP(=O)([O-])[O-].O.[Na+].[Na+]. The van der Waals surface area contributed by atoms with Crippen LogP contribution < -0.4 is 68.9 Å². The van der Waals surface area contributed by atoms with Crippen LogP contribution in [0, 0.1) is 0 Å². The molecular weight excluding hydrogens is 277 g/mol. The molecular formula is C10H23Na2O5P. The van der Waals surface area contributed by atoms with E-state index in [2.05, 4.69) is 6.92 Å². The maximum Gasteiger partial charge on any atom is 1.00 e. The molecule has 0 heterocycles. The van der Waals surface area contributed by atoms with Crippen LogP contribution in [-0.2, 0) is 9.09 Å². The minimum Gasteiger partial charge on any atom is -0.790 e. The van der Waals surface area contributed by atoms with Gasteiger partial charge in [-0.1, -0.05) is 40.0 Å². The van der Waals surface area contributed by atoms with Crippen LogP contribution in [0.1, 0.15) is 59.3 Å². The molecule has 100 valence electrons. The third kappa shape index (κ3) is 13.1. The molecule has 0 spiro atoms. The van der Waals surface area contributed by atoms with Crippen molar-refractivity contribution in [3.05, 3.63) is 0 Å². The summed E-state index contributed by atoms with van der Waals surface area (Å²) in [5.74, 6) is 0. The quantitative estimate of drug-likeness (QED) is 0.255. The van der Waals surface area contributed by atoms with Gasteiger partial charge in [0.15, 0.2) is 0 Å².